The van der Waals surface area contributed by atoms with Crippen LogP contribution in [-0.2, 0) is 6.54 Å². The number of nitrogens with zero attached hydrogens (tertiary/aromatic N) is 2. The average Bonchev–Trinajstić information content (AvgIpc) is 3.26. The molecule has 0 aliphatic carbocycles. The maximum absolute atomic E-state index is 5.70. The highest BCUT2D eigenvalue weighted by Crippen LogP contribution is 2.39. The van der Waals surface area contributed by atoms with Gasteiger partial charge in [-0.2, -0.15) is 0 Å². The first kappa shape index (κ1) is 17.5. The normalized spacial score (nSPS) is 19.2. The number of pyridine rings is 1. The van der Waals surface area contributed by atoms with Gasteiger partial charge in [0.15, 0.2) is 5.11 Å². The summed E-state index contributed by atoms with van der Waals surface area (Å²) in [6.45, 7) is 2.77. The zero-order valence-electron chi connectivity index (χ0n) is 15.3. The summed E-state index contributed by atoms with van der Waals surface area (Å²) >= 11 is 5.70. The monoisotopic (exact) mass is 378 g/mol. The highest BCUT2D eigenvalue weighted by molar-refractivity contribution is 7.80. The molecule has 4 rings (SSSR count). The summed E-state index contributed by atoms with van der Waals surface area (Å²) in [7, 11) is 1.68. The lowest BCUT2D eigenvalue weighted by Crippen LogP contribution is -2.29. The van der Waals surface area contributed by atoms with Gasteiger partial charge in [0.1, 0.15) is 5.75 Å². The summed E-state index contributed by atoms with van der Waals surface area (Å²) in [5.74, 6) is 0.851. The summed E-state index contributed by atoms with van der Waals surface area (Å²) in [6, 6.07) is 18.4. The van der Waals surface area contributed by atoms with Crippen molar-refractivity contribution in [2.45, 2.75) is 25.6 Å². The summed E-state index contributed by atoms with van der Waals surface area (Å²) < 4.78 is 5.26. The van der Waals surface area contributed by atoms with E-state index in [2.05, 4.69) is 51.4 Å². The molecule has 2 N–H and O–H groups in total. The van der Waals surface area contributed by atoms with Crippen molar-refractivity contribution in [1.82, 2.24) is 20.2 Å². The van der Waals surface area contributed by atoms with E-state index >= 15 is 0 Å². The van der Waals surface area contributed by atoms with Crippen LogP contribution in [0.25, 0.3) is 0 Å². The van der Waals surface area contributed by atoms with Crippen molar-refractivity contribution in [3.8, 4) is 5.75 Å². The zero-order valence-corrected chi connectivity index (χ0v) is 16.2. The molecule has 0 amide bonds. The van der Waals surface area contributed by atoms with Gasteiger partial charge in [-0.3, -0.25) is 4.98 Å². The molecular weight excluding hydrogens is 356 g/mol. The quantitative estimate of drug-likeness (QED) is 0.660. The molecule has 1 fully saturated rings. The molecule has 1 saturated heterocycles. The van der Waals surface area contributed by atoms with Gasteiger partial charge in [0, 0.05) is 24.1 Å². The average molecular weight is 379 g/mol. The molecular formula is C21H22N4OS. The van der Waals surface area contributed by atoms with Gasteiger partial charge in [0.2, 0.25) is 0 Å². The van der Waals surface area contributed by atoms with Crippen molar-refractivity contribution in [3.63, 3.8) is 0 Å². The molecule has 138 valence electrons. The van der Waals surface area contributed by atoms with E-state index in [-0.39, 0.29) is 12.1 Å². The van der Waals surface area contributed by atoms with E-state index in [1.165, 1.54) is 5.56 Å². The number of H-pyrrole nitrogens is 1. The van der Waals surface area contributed by atoms with Crippen LogP contribution in [0.15, 0.2) is 60.8 Å². The predicted octanol–water partition coefficient (Wildman–Crippen LogP) is 3.90. The van der Waals surface area contributed by atoms with E-state index in [0.717, 1.165) is 27.9 Å². The highest BCUT2D eigenvalue weighted by Gasteiger charge is 2.40. The number of methoxy groups -OCH3 is 1. The number of benzene rings is 1. The number of rotatable bonds is 5. The van der Waals surface area contributed by atoms with Gasteiger partial charge in [-0.1, -0.05) is 18.2 Å². The fraction of sp³-hybridized carbons (Fsp3) is 0.238. The van der Waals surface area contributed by atoms with E-state index in [4.69, 9.17) is 17.0 Å². The topological polar surface area (TPSA) is 53.2 Å². The highest BCUT2D eigenvalue weighted by atomic mass is 32.1. The predicted molar refractivity (Wildman–Crippen MR) is 110 cm³/mol. The van der Waals surface area contributed by atoms with Crippen LogP contribution in [0.5, 0.6) is 5.75 Å². The fourth-order valence-electron chi connectivity index (χ4n) is 3.54. The lowest BCUT2D eigenvalue weighted by Gasteiger charge is -2.27. The Morgan fingerprint density at radius 2 is 1.93 bits per heavy atom. The second-order valence-corrected chi connectivity index (χ2v) is 7.09. The van der Waals surface area contributed by atoms with Gasteiger partial charge < -0.3 is 19.9 Å². The molecule has 0 bridgehead atoms. The smallest absolute Gasteiger partial charge is 0.170 e. The molecule has 6 heteroatoms. The van der Waals surface area contributed by atoms with Crippen molar-refractivity contribution in [2.75, 3.05) is 7.11 Å². The van der Waals surface area contributed by atoms with Crippen LogP contribution in [0.4, 0.5) is 0 Å². The number of ether oxygens (including phenoxy) is 1. The number of nitrogens with one attached hydrogen (secondary N) is 2. The van der Waals surface area contributed by atoms with Crippen LogP contribution >= 0.6 is 12.2 Å². The molecule has 5 nitrogen and oxygen atoms in total. The Labute approximate surface area is 164 Å². The molecule has 1 aliphatic heterocycles. The molecule has 27 heavy (non-hydrogen) atoms. The van der Waals surface area contributed by atoms with Crippen LogP contribution in [0.3, 0.4) is 0 Å². The van der Waals surface area contributed by atoms with E-state index in [0.29, 0.717) is 6.54 Å². The minimum absolute atomic E-state index is 0.00463. The van der Waals surface area contributed by atoms with E-state index in [1.54, 1.807) is 7.11 Å². The molecule has 0 spiro atoms. The SMILES string of the molecule is COc1ccc(CN2C(=S)NC(c3ccccn3)C2c2ccc(C)[nH]2)cc1. The lowest BCUT2D eigenvalue weighted by atomic mass is 10.0. The largest absolute Gasteiger partial charge is 0.497 e. The minimum atomic E-state index is -0.00463. The Balaban J connectivity index is 1.68. The van der Waals surface area contributed by atoms with Crippen molar-refractivity contribution in [3.05, 3.63) is 83.4 Å². The number of aromatic amines is 1. The number of hydrogen-bond acceptors (Lipinski definition) is 3. The van der Waals surface area contributed by atoms with Crippen molar-refractivity contribution >= 4 is 17.3 Å². The number of hydrogen-bond donors (Lipinski definition) is 2. The Bertz CT molecular complexity index is 923. The summed E-state index contributed by atoms with van der Waals surface area (Å²) in [4.78, 5) is 10.3. The van der Waals surface area contributed by atoms with E-state index < -0.39 is 0 Å². The van der Waals surface area contributed by atoms with Gasteiger partial charge in [0.25, 0.3) is 0 Å². The van der Waals surface area contributed by atoms with E-state index in [1.807, 2.05) is 36.5 Å². The molecule has 1 aliphatic rings. The Morgan fingerprint density at radius 3 is 2.56 bits per heavy atom. The Hall–Kier alpha value is -2.86. The Morgan fingerprint density at radius 1 is 1.11 bits per heavy atom. The van der Waals surface area contributed by atoms with Crippen molar-refractivity contribution in [1.29, 1.82) is 0 Å². The van der Waals surface area contributed by atoms with Crippen molar-refractivity contribution in [2.24, 2.45) is 0 Å². The molecule has 3 heterocycles. The third-order valence-corrected chi connectivity index (χ3v) is 5.24. The van der Waals surface area contributed by atoms with Gasteiger partial charge in [-0.25, -0.2) is 0 Å². The number of aryl methyl sites for hydroxylation is 1. The van der Waals surface area contributed by atoms with Crippen LogP contribution in [-0.4, -0.2) is 27.1 Å². The van der Waals surface area contributed by atoms with Gasteiger partial charge >= 0.3 is 0 Å². The summed E-state index contributed by atoms with van der Waals surface area (Å²) in [6.07, 6.45) is 1.82. The lowest BCUT2D eigenvalue weighted by molar-refractivity contribution is 0.305. The molecule has 2 atom stereocenters. The van der Waals surface area contributed by atoms with Crippen LogP contribution in [0, 0.1) is 6.92 Å². The van der Waals surface area contributed by atoms with E-state index in [9.17, 15) is 0 Å². The summed E-state index contributed by atoms with van der Waals surface area (Å²) in [5.41, 5.74) is 4.42. The molecule has 0 saturated carbocycles. The maximum atomic E-state index is 5.70. The third-order valence-electron chi connectivity index (χ3n) is 4.88. The maximum Gasteiger partial charge on any atom is 0.170 e. The van der Waals surface area contributed by atoms with Crippen LogP contribution < -0.4 is 10.1 Å². The first-order valence-corrected chi connectivity index (χ1v) is 9.33. The van der Waals surface area contributed by atoms with Gasteiger partial charge in [0.05, 0.1) is 24.9 Å². The van der Waals surface area contributed by atoms with Gasteiger partial charge in [-0.15, -0.1) is 0 Å². The first-order valence-electron chi connectivity index (χ1n) is 8.92. The molecule has 2 unspecified atom stereocenters. The second kappa shape index (κ2) is 7.40. The molecule has 0 radical (unpaired) electrons. The standard InChI is InChI=1S/C21H22N4OS/c1-14-6-11-18(23-14)20-19(17-5-3-4-12-22-17)24-21(27)25(20)13-15-7-9-16(26-2)10-8-15/h3-12,19-20,23H,13H2,1-2H3,(H,24,27). The van der Waals surface area contributed by atoms with Gasteiger partial charge in [-0.05, 0) is 61.1 Å². The first-order chi connectivity index (χ1) is 13.2. The van der Waals surface area contributed by atoms with Crippen LogP contribution in [0.1, 0.15) is 34.7 Å². The van der Waals surface area contributed by atoms with Crippen LogP contribution in [0.2, 0.25) is 0 Å². The van der Waals surface area contributed by atoms with Crippen molar-refractivity contribution < 1.29 is 4.74 Å². The minimum Gasteiger partial charge on any atom is -0.497 e. The molecule has 3 aromatic rings. The molecule has 2 aromatic heterocycles. The number of thiocarbonyl (C=S) groups is 1. The zero-order chi connectivity index (χ0) is 18.8. The second-order valence-electron chi connectivity index (χ2n) is 6.70. The summed E-state index contributed by atoms with van der Waals surface area (Å²) in [5, 5.41) is 4.21. The Kier molecular flexibility index (Phi) is 4.81. The number of aromatic nitrogens is 2. The molecule has 1 aromatic carbocycles. The third kappa shape index (κ3) is 3.53. The fourth-order valence-corrected chi connectivity index (χ4v) is 3.85.